The maximum Gasteiger partial charge on any atom is 0.164 e. The van der Waals surface area contributed by atoms with Crippen molar-refractivity contribution in [3.8, 4) is 17.2 Å². The van der Waals surface area contributed by atoms with Crippen molar-refractivity contribution in [2.75, 3.05) is 51.4 Å². The summed E-state index contributed by atoms with van der Waals surface area (Å²) in [7, 11) is 1.71. The lowest BCUT2D eigenvalue weighted by Gasteiger charge is -2.36. The van der Waals surface area contributed by atoms with Crippen molar-refractivity contribution in [1.29, 1.82) is 0 Å². The first-order valence-corrected chi connectivity index (χ1v) is 9.59. The van der Waals surface area contributed by atoms with Crippen LogP contribution in [0.15, 0.2) is 30.5 Å². The maximum absolute atomic E-state index is 5.85. The van der Waals surface area contributed by atoms with Crippen LogP contribution in [0.2, 0.25) is 0 Å². The van der Waals surface area contributed by atoms with Gasteiger partial charge in [-0.2, -0.15) is 0 Å². The first kappa shape index (κ1) is 17.9. The molecule has 2 aromatic rings. The highest BCUT2D eigenvalue weighted by Crippen LogP contribution is 2.37. The number of fused-ring (bicyclic) bond motifs is 1. The lowest BCUT2D eigenvalue weighted by atomic mass is 10.1. The van der Waals surface area contributed by atoms with Crippen molar-refractivity contribution in [2.45, 2.75) is 19.9 Å². The Hall–Kier alpha value is -2.47. The van der Waals surface area contributed by atoms with Crippen molar-refractivity contribution in [2.24, 2.45) is 0 Å². The summed E-state index contributed by atoms with van der Waals surface area (Å²) in [6.45, 7) is 8.32. The highest BCUT2D eigenvalue weighted by Gasteiger charge is 2.21. The molecule has 1 saturated heterocycles. The molecule has 3 heterocycles. The minimum absolute atomic E-state index is 0.686. The third-order valence-electron chi connectivity index (χ3n) is 5.16. The van der Waals surface area contributed by atoms with Crippen molar-refractivity contribution >= 4 is 5.69 Å². The van der Waals surface area contributed by atoms with E-state index in [0.717, 1.165) is 67.7 Å². The van der Waals surface area contributed by atoms with Crippen LogP contribution in [0.4, 0.5) is 5.69 Å². The molecular weight excluding hydrogens is 342 g/mol. The molecule has 2 aliphatic rings. The molecule has 27 heavy (non-hydrogen) atoms. The predicted octanol–water partition coefficient (Wildman–Crippen LogP) is 2.88. The van der Waals surface area contributed by atoms with E-state index in [1.807, 2.05) is 19.2 Å². The molecule has 0 aliphatic carbocycles. The van der Waals surface area contributed by atoms with Gasteiger partial charge in [0.2, 0.25) is 0 Å². The van der Waals surface area contributed by atoms with E-state index in [2.05, 4.69) is 33.0 Å². The number of hydrogen-bond acceptors (Lipinski definition) is 6. The third kappa shape index (κ3) is 4.11. The normalized spacial score (nSPS) is 17.5. The number of rotatable bonds is 4. The number of nitrogens with zero attached hydrogens (tertiary/aromatic N) is 3. The van der Waals surface area contributed by atoms with Crippen molar-refractivity contribution in [1.82, 2.24) is 9.88 Å². The number of ether oxygens (including phenoxy) is 3. The fourth-order valence-corrected chi connectivity index (χ4v) is 3.68. The maximum atomic E-state index is 5.85. The number of pyridine rings is 1. The molecule has 144 valence electrons. The molecule has 0 bridgehead atoms. The van der Waals surface area contributed by atoms with Crippen LogP contribution in [0.3, 0.4) is 0 Å². The van der Waals surface area contributed by atoms with Gasteiger partial charge < -0.3 is 19.1 Å². The highest BCUT2D eigenvalue weighted by atomic mass is 16.5. The van der Waals surface area contributed by atoms with E-state index in [0.29, 0.717) is 13.2 Å². The van der Waals surface area contributed by atoms with E-state index >= 15 is 0 Å². The number of benzene rings is 1. The fourth-order valence-electron chi connectivity index (χ4n) is 3.68. The Bertz CT molecular complexity index is 788. The summed E-state index contributed by atoms with van der Waals surface area (Å²) in [6, 6.07) is 8.29. The SMILES string of the molecule is COc1cc2c(cc1CN1CCN(c3ccnc(C)c3)CC1)OCCCO2. The van der Waals surface area contributed by atoms with Gasteiger partial charge in [-0.3, -0.25) is 9.88 Å². The Labute approximate surface area is 160 Å². The molecular formula is C21H27N3O3. The van der Waals surface area contributed by atoms with Gasteiger partial charge in [-0.1, -0.05) is 0 Å². The number of aromatic nitrogens is 1. The average molecular weight is 369 g/mol. The number of methoxy groups -OCH3 is 1. The Morgan fingerprint density at radius 1 is 1.04 bits per heavy atom. The lowest BCUT2D eigenvalue weighted by Crippen LogP contribution is -2.46. The monoisotopic (exact) mass is 369 g/mol. The zero-order valence-corrected chi connectivity index (χ0v) is 16.1. The van der Waals surface area contributed by atoms with E-state index in [-0.39, 0.29) is 0 Å². The summed E-state index contributed by atoms with van der Waals surface area (Å²) in [5.41, 5.74) is 3.47. The molecule has 0 atom stereocenters. The molecule has 0 N–H and O–H groups in total. The second kappa shape index (κ2) is 8.05. The fraction of sp³-hybridized carbons (Fsp3) is 0.476. The zero-order chi connectivity index (χ0) is 18.6. The van der Waals surface area contributed by atoms with Crippen molar-refractivity contribution in [3.05, 3.63) is 41.7 Å². The minimum Gasteiger partial charge on any atom is -0.496 e. The van der Waals surface area contributed by atoms with Crippen LogP contribution >= 0.6 is 0 Å². The molecule has 6 heteroatoms. The molecule has 6 nitrogen and oxygen atoms in total. The van der Waals surface area contributed by atoms with Crippen LogP contribution in [0.1, 0.15) is 17.7 Å². The van der Waals surface area contributed by atoms with E-state index in [1.54, 1.807) is 7.11 Å². The summed E-state index contributed by atoms with van der Waals surface area (Å²) in [5, 5.41) is 0. The topological polar surface area (TPSA) is 47.1 Å². The standard InChI is InChI=1S/C21H27N3O3/c1-16-12-18(4-5-22-16)24-8-6-23(7-9-24)15-17-13-20-21(14-19(17)25-2)27-11-3-10-26-20/h4-5,12-14H,3,6-11,15H2,1-2H3. The molecule has 2 aliphatic heterocycles. The summed E-state index contributed by atoms with van der Waals surface area (Å²) in [5.74, 6) is 2.48. The quantitative estimate of drug-likeness (QED) is 0.826. The summed E-state index contributed by atoms with van der Waals surface area (Å²) < 4.78 is 17.2. The molecule has 0 radical (unpaired) electrons. The van der Waals surface area contributed by atoms with Crippen LogP contribution in [0.5, 0.6) is 17.2 Å². The summed E-state index contributed by atoms with van der Waals surface area (Å²) >= 11 is 0. The van der Waals surface area contributed by atoms with Gasteiger partial charge in [0.15, 0.2) is 11.5 Å². The predicted molar refractivity (Wildman–Crippen MR) is 105 cm³/mol. The lowest BCUT2D eigenvalue weighted by molar-refractivity contribution is 0.245. The molecule has 1 fully saturated rings. The third-order valence-corrected chi connectivity index (χ3v) is 5.16. The van der Waals surface area contributed by atoms with Crippen LogP contribution in [-0.4, -0.2) is 56.4 Å². The molecule has 0 saturated carbocycles. The van der Waals surface area contributed by atoms with E-state index < -0.39 is 0 Å². The minimum atomic E-state index is 0.686. The Kier molecular flexibility index (Phi) is 5.34. The van der Waals surface area contributed by atoms with E-state index in [1.165, 1.54) is 5.69 Å². The van der Waals surface area contributed by atoms with Gasteiger partial charge in [-0.15, -0.1) is 0 Å². The first-order chi connectivity index (χ1) is 13.2. The van der Waals surface area contributed by atoms with Crippen molar-refractivity contribution < 1.29 is 14.2 Å². The van der Waals surface area contributed by atoms with Gasteiger partial charge in [0.05, 0.1) is 20.3 Å². The average Bonchev–Trinajstić information content (AvgIpc) is 2.93. The molecule has 1 aromatic carbocycles. The van der Waals surface area contributed by atoms with Crippen LogP contribution < -0.4 is 19.1 Å². The number of aryl methyl sites for hydroxylation is 1. The second-order valence-corrected chi connectivity index (χ2v) is 7.08. The van der Waals surface area contributed by atoms with Crippen LogP contribution in [0, 0.1) is 6.92 Å². The number of anilines is 1. The molecule has 1 aromatic heterocycles. The smallest absolute Gasteiger partial charge is 0.164 e. The molecule has 0 unspecified atom stereocenters. The second-order valence-electron chi connectivity index (χ2n) is 7.08. The Morgan fingerprint density at radius 3 is 2.48 bits per heavy atom. The van der Waals surface area contributed by atoms with Gasteiger partial charge in [-0.25, -0.2) is 0 Å². The van der Waals surface area contributed by atoms with Gasteiger partial charge in [0, 0.05) is 68.4 Å². The number of hydrogen-bond donors (Lipinski definition) is 0. The Balaban J connectivity index is 1.43. The highest BCUT2D eigenvalue weighted by molar-refractivity contribution is 5.51. The molecule has 4 rings (SSSR count). The van der Waals surface area contributed by atoms with Gasteiger partial charge >= 0.3 is 0 Å². The summed E-state index contributed by atoms with van der Waals surface area (Å²) in [6.07, 6.45) is 2.79. The zero-order valence-electron chi connectivity index (χ0n) is 16.1. The van der Waals surface area contributed by atoms with Gasteiger partial charge in [0.1, 0.15) is 5.75 Å². The molecule has 0 amide bonds. The Morgan fingerprint density at radius 2 is 1.78 bits per heavy atom. The van der Waals surface area contributed by atoms with Gasteiger partial charge in [0.25, 0.3) is 0 Å². The van der Waals surface area contributed by atoms with Crippen molar-refractivity contribution in [3.63, 3.8) is 0 Å². The van der Waals surface area contributed by atoms with E-state index in [9.17, 15) is 0 Å². The summed E-state index contributed by atoms with van der Waals surface area (Å²) in [4.78, 5) is 9.18. The van der Waals surface area contributed by atoms with Crippen LogP contribution in [0.25, 0.3) is 0 Å². The van der Waals surface area contributed by atoms with E-state index in [4.69, 9.17) is 14.2 Å². The largest absolute Gasteiger partial charge is 0.496 e. The van der Waals surface area contributed by atoms with Crippen LogP contribution in [-0.2, 0) is 6.54 Å². The van der Waals surface area contributed by atoms with Gasteiger partial charge in [-0.05, 0) is 25.1 Å². The first-order valence-electron chi connectivity index (χ1n) is 9.59. The number of piperazine rings is 1. The molecule has 0 spiro atoms.